The summed E-state index contributed by atoms with van der Waals surface area (Å²) in [6.07, 6.45) is 0. The normalized spacial score (nSPS) is 10.4. The molecule has 0 amide bonds. The molecule has 2 rings (SSSR count). The largest absolute Gasteiger partial charge is 0.338 e. The maximum atomic E-state index is 5.51. The van der Waals surface area contributed by atoms with Gasteiger partial charge in [-0.1, -0.05) is 11.2 Å². The summed E-state index contributed by atoms with van der Waals surface area (Å²) in [6.45, 7) is 0. The number of thiophene rings is 1. The third-order valence-electron chi connectivity index (χ3n) is 1.32. The van der Waals surface area contributed by atoms with E-state index in [1.165, 1.54) is 0 Å². The Balaban J connectivity index is 2.35. The van der Waals surface area contributed by atoms with Gasteiger partial charge in [0.25, 0.3) is 0 Å². The van der Waals surface area contributed by atoms with Gasteiger partial charge in [-0.25, -0.2) is 0 Å². The molecule has 2 heterocycles. The zero-order valence-electron chi connectivity index (χ0n) is 6.03. The van der Waals surface area contributed by atoms with Crippen LogP contribution in [0.3, 0.4) is 0 Å². The van der Waals surface area contributed by atoms with Crippen LogP contribution in [0.15, 0.2) is 22.0 Å². The minimum atomic E-state index is 0.262. The number of nitrogens with zero attached hydrogens (tertiary/aromatic N) is 2. The predicted octanol–water partition coefficient (Wildman–Crippen LogP) is 2.54. The highest BCUT2D eigenvalue weighted by Crippen LogP contribution is 2.21. The molecule has 5 heteroatoms. The Bertz CT molecular complexity index is 357. The first-order valence-corrected chi connectivity index (χ1v) is 4.74. The van der Waals surface area contributed by atoms with E-state index in [1.54, 1.807) is 11.3 Å². The zero-order chi connectivity index (χ0) is 8.39. The van der Waals surface area contributed by atoms with Crippen molar-refractivity contribution in [2.24, 2.45) is 0 Å². The molecular formula is C7H5ClN2OS. The van der Waals surface area contributed by atoms with E-state index in [0.29, 0.717) is 11.7 Å². The van der Waals surface area contributed by atoms with Crippen molar-refractivity contribution < 1.29 is 4.52 Å². The van der Waals surface area contributed by atoms with Gasteiger partial charge in [0.15, 0.2) is 0 Å². The van der Waals surface area contributed by atoms with Gasteiger partial charge in [-0.05, 0) is 11.4 Å². The van der Waals surface area contributed by atoms with Crippen molar-refractivity contribution in [1.82, 2.24) is 10.1 Å². The lowest BCUT2D eigenvalue weighted by atomic mass is 10.4. The van der Waals surface area contributed by atoms with Crippen LogP contribution < -0.4 is 0 Å². The third-order valence-corrected chi connectivity index (χ3v) is 2.42. The average molecular weight is 201 g/mol. The molecule has 0 aromatic carbocycles. The second kappa shape index (κ2) is 3.25. The molecule has 12 heavy (non-hydrogen) atoms. The first-order valence-electron chi connectivity index (χ1n) is 3.32. The summed E-state index contributed by atoms with van der Waals surface area (Å²) in [6, 6.07) is 3.88. The van der Waals surface area contributed by atoms with E-state index in [1.807, 2.05) is 17.5 Å². The second-order valence-corrected chi connectivity index (χ2v) is 3.34. The van der Waals surface area contributed by atoms with E-state index in [9.17, 15) is 0 Å². The fourth-order valence-electron chi connectivity index (χ4n) is 0.815. The van der Waals surface area contributed by atoms with Gasteiger partial charge in [-0.2, -0.15) is 4.98 Å². The summed E-state index contributed by atoms with van der Waals surface area (Å²) < 4.78 is 4.85. The Morgan fingerprint density at radius 3 is 3.08 bits per heavy atom. The summed E-state index contributed by atoms with van der Waals surface area (Å²) >= 11 is 7.08. The van der Waals surface area contributed by atoms with E-state index in [0.717, 1.165) is 4.88 Å². The second-order valence-electron chi connectivity index (χ2n) is 2.12. The minimum Gasteiger partial charge on any atom is -0.338 e. The number of alkyl halides is 1. The Labute approximate surface area is 78.0 Å². The first-order chi connectivity index (χ1) is 5.90. The molecular weight excluding hydrogens is 196 g/mol. The van der Waals surface area contributed by atoms with E-state index < -0.39 is 0 Å². The van der Waals surface area contributed by atoms with Crippen LogP contribution in [0.2, 0.25) is 0 Å². The molecule has 0 unspecified atom stereocenters. The Morgan fingerprint density at radius 1 is 1.58 bits per heavy atom. The Morgan fingerprint density at radius 2 is 2.50 bits per heavy atom. The van der Waals surface area contributed by atoms with Gasteiger partial charge in [-0.15, -0.1) is 22.9 Å². The van der Waals surface area contributed by atoms with Crippen molar-refractivity contribution in [1.29, 1.82) is 0 Å². The molecule has 0 aliphatic heterocycles. The van der Waals surface area contributed by atoms with Gasteiger partial charge in [0.1, 0.15) is 5.88 Å². The zero-order valence-corrected chi connectivity index (χ0v) is 7.60. The number of rotatable bonds is 2. The molecule has 2 aromatic heterocycles. The summed E-state index contributed by atoms with van der Waals surface area (Å²) in [5, 5.41) is 5.73. The summed E-state index contributed by atoms with van der Waals surface area (Å²) in [4.78, 5) is 5.07. The maximum Gasteiger partial charge on any atom is 0.241 e. The van der Waals surface area contributed by atoms with E-state index in [2.05, 4.69) is 10.1 Å². The fraction of sp³-hybridized carbons (Fsp3) is 0.143. The fourth-order valence-corrected chi connectivity index (χ4v) is 1.57. The molecule has 0 bridgehead atoms. The number of hydrogen-bond donors (Lipinski definition) is 0. The van der Waals surface area contributed by atoms with E-state index >= 15 is 0 Å². The SMILES string of the molecule is ClCc1nc(-c2cccs2)no1. The van der Waals surface area contributed by atoms with Crippen molar-refractivity contribution in [3.8, 4) is 10.7 Å². The van der Waals surface area contributed by atoms with Crippen LogP contribution in [0.1, 0.15) is 5.89 Å². The molecule has 0 radical (unpaired) electrons. The Hall–Kier alpha value is -0.870. The molecule has 0 aliphatic rings. The summed E-state index contributed by atoms with van der Waals surface area (Å²) in [5.74, 6) is 1.33. The standard InChI is InChI=1S/C7H5ClN2OS/c8-4-6-9-7(10-11-6)5-2-1-3-12-5/h1-3H,4H2. The van der Waals surface area contributed by atoms with Crippen LogP contribution >= 0.6 is 22.9 Å². The van der Waals surface area contributed by atoms with Crippen LogP contribution in [-0.2, 0) is 5.88 Å². The highest BCUT2D eigenvalue weighted by atomic mass is 35.5. The molecule has 62 valence electrons. The summed E-state index contributed by atoms with van der Waals surface area (Å²) in [5.41, 5.74) is 0. The maximum absolute atomic E-state index is 5.51. The van der Waals surface area contributed by atoms with Crippen molar-refractivity contribution >= 4 is 22.9 Å². The van der Waals surface area contributed by atoms with Crippen LogP contribution in [0, 0.1) is 0 Å². The molecule has 0 saturated carbocycles. The third kappa shape index (κ3) is 1.35. The van der Waals surface area contributed by atoms with Crippen molar-refractivity contribution in [3.05, 3.63) is 23.4 Å². The highest BCUT2D eigenvalue weighted by molar-refractivity contribution is 7.13. The lowest BCUT2D eigenvalue weighted by molar-refractivity contribution is 0.391. The van der Waals surface area contributed by atoms with E-state index in [4.69, 9.17) is 16.1 Å². The molecule has 0 aliphatic carbocycles. The predicted molar refractivity (Wildman–Crippen MR) is 47.2 cm³/mol. The van der Waals surface area contributed by atoms with Gasteiger partial charge in [0.05, 0.1) is 4.88 Å². The average Bonchev–Trinajstić information content (AvgIpc) is 2.75. The number of hydrogen-bond acceptors (Lipinski definition) is 4. The van der Waals surface area contributed by atoms with Gasteiger partial charge >= 0.3 is 0 Å². The van der Waals surface area contributed by atoms with Crippen LogP contribution in [0.25, 0.3) is 10.7 Å². The van der Waals surface area contributed by atoms with Gasteiger partial charge in [-0.3, -0.25) is 0 Å². The van der Waals surface area contributed by atoms with Gasteiger partial charge in [0, 0.05) is 0 Å². The molecule has 0 fully saturated rings. The lowest BCUT2D eigenvalue weighted by Gasteiger charge is -1.81. The van der Waals surface area contributed by atoms with Crippen molar-refractivity contribution in [3.63, 3.8) is 0 Å². The van der Waals surface area contributed by atoms with Crippen LogP contribution in [-0.4, -0.2) is 10.1 Å². The molecule has 0 spiro atoms. The van der Waals surface area contributed by atoms with Crippen molar-refractivity contribution in [2.75, 3.05) is 0 Å². The molecule has 2 aromatic rings. The topological polar surface area (TPSA) is 38.9 Å². The summed E-state index contributed by atoms with van der Waals surface area (Å²) in [7, 11) is 0. The molecule has 0 saturated heterocycles. The first kappa shape index (κ1) is 7.76. The van der Waals surface area contributed by atoms with E-state index in [-0.39, 0.29) is 5.88 Å². The number of halogens is 1. The number of aromatic nitrogens is 2. The minimum absolute atomic E-state index is 0.262. The highest BCUT2D eigenvalue weighted by Gasteiger charge is 2.07. The molecule has 3 nitrogen and oxygen atoms in total. The van der Waals surface area contributed by atoms with Crippen LogP contribution in [0.4, 0.5) is 0 Å². The smallest absolute Gasteiger partial charge is 0.241 e. The van der Waals surface area contributed by atoms with Gasteiger partial charge in [0.2, 0.25) is 11.7 Å². The monoisotopic (exact) mass is 200 g/mol. The Kier molecular flexibility index (Phi) is 2.10. The quantitative estimate of drug-likeness (QED) is 0.700. The lowest BCUT2D eigenvalue weighted by Crippen LogP contribution is -1.76. The van der Waals surface area contributed by atoms with Crippen molar-refractivity contribution in [2.45, 2.75) is 5.88 Å². The van der Waals surface area contributed by atoms with Gasteiger partial charge < -0.3 is 4.52 Å². The molecule has 0 atom stereocenters. The van der Waals surface area contributed by atoms with Crippen LogP contribution in [0.5, 0.6) is 0 Å². The molecule has 0 N–H and O–H groups in total.